The van der Waals surface area contributed by atoms with Crippen molar-refractivity contribution in [2.45, 2.75) is 40.0 Å². The van der Waals surface area contributed by atoms with Crippen molar-refractivity contribution in [1.29, 1.82) is 0 Å². The molecule has 0 unspecified atom stereocenters. The second kappa shape index (κ2) is 3.07. The number of carbonyl (C=O) groups is 1. The highest BCUT2D eigenvalue weighted by Crippen LogP contribution is 2.34. The molecule has 0 bridgehead atoms. The Kier molecular flexibility index (Phi) is 2.13. The van der Waals surface area contributed by atoms with Gasteiger partial charge in [-0.15, -0.1) is 0 Å². The average Bonchev–Trinajstić information content (AvgIpc) is 2.77. The first kappa shape index (κ1) is 9.69. The molecule has 0 N–H and O–H groups in total. The van der Waals surface area contributed by atoms with Crippen LogP contribution in [0.1, 0.15) is 40.0 Å². The second-order valence-electron chi connectivity index (χ2n) is 5.55. The molecule has 14 heavy (non-hydrogen) atoms. The third-order valence-electron chi connectivity index (χ3n) is 2.54. The summed E-state index contributed by atoms with van der Waals surface area (Å²) in [5, 5.41) is 6.08. The number of nitrogens with zero attached hydrogens (tertiary/aromatic N) is 2. The summed E-state index contributed by atoms with van der Waals surface area (Å²) in [6, 6.07) is 0. The van der Waals surface area contributed by atoms with Crippen LogP contribution < -0.4 is 0 Å². The highest BCUT2D eigenvalue weighted by atomic mass is 16.2. The van der Waals surface area contributed by atoms with Crippen LogP contribution in [0.15, 0.2) is 5.10 Å². The molecule has 0 saturated heterocycles. The number of hydrazone groups is 1. The van der Waals surface area contributed by atoms with Gasteiger partial charge >= 0.3 is 0 Å². The Morgan fingerprint density at radius 2 is 2.07 bits per heavy atom. The molecule has 0 radical (unpaired) electrons. The van der Waals surface area contributed by atoms with Gasteiger partial charge < -0.3 is 0 Å². The fourth-order valence-corrected chi connectivity index (χ4v) is 1.71. The van der Waals surface area contributed by atoms with Gasteiger partial charge in [0, 0.05) is 6.54 Å². The van der Waals surface area contributed by atoms with Crippen molar-refractivity contribution in [3.8, 4) is 0 Å². The second-order valence-corrected chi connectivity index (χ2v) is 5.55. The average molecular weight is 194 g/mol. The number of amides is 1. The number of carbonyl (C=O) groups excluding carboxylic acids is 1. The van der Waals surface area contributed by atoms with Crippen LogP contribution in [0.5, 0.6) is 0 Å². The van der Waals surface area contributed by atoms with Crippen molar-refractivity contribution in [3.63, 3.8) is 0 Å². The van der Waals surface area contributed by atoms with E-state index in [1.165, 1.54) is 12.8 Å². The lowest BCUT2D eigenvalue weighted by Crippen LogP contribution is -2.30. The molecule has 1 aliphatic heterocycles. The number of rotatable bonds is 2. The van der Waals surface area contributed by atoms with Crippen LogP contribution >= 0.6 is 0 Å². The standard InChI is InChI=1S/C11H18N2O/c1-11(2,3)7-13-10(14)6-9(12-13)8-4-5-8/h8H,4-7H2,1-3H3. The van der Waals surface area contributed by atoms with Crippen molar-refractivity contribution in [2.24, 2.45) is 16.4 Å². The van der Waals surface area contributed by atoms with Gasteiger partial charge in [0.15, 0.2) is 0 Å². The first-order valence-corrected chi connectivity index (χ1v) is 5.33. The fraction of sp³-hybridized carbons (Fsp3) is 0.818. The van der Waals surface area contributed by atoms with Crippen LogP contribution in [0.2, 0.25) is 0 Å². The SMILES string of the molecule is CC(C)(C)CN1N=C(C2CC2)CC1=O. The largest absolute Gasteiger partial charge is 0.273 e. The smallest absolute Gasteiger partial charge is 0.248 e. The van der Waals surface area contributed by atoms with Gasteiger partial charge in [0.25, 0.3) is 0 Å². The zero-order chi connectivity index (χ0) is 10.3. The normalized spacial score (nSPS) is 22.9. The maximum atomic E-state index is 11.6. The fourth-order valence-electron chi connectivity index (χ4n) is 1.71. The van der Waals surface area contributed by atoms with E-state index in [-0.39, 0.29) is 11.3 Å². The van der Waals surface area contributed by atoms with E-state index < -0.39 is 0 Å². The van der Waals surface area contributed by atoms with Crippen LogP contribution in [0.25, 0.3) is 0 Å². The van der Waals surface area contributed by atoms with Gasteiger partial charge in [0.2, 0.25) is 5.91 Å². The maximum absolute atomic E-state index is 11.6. The lowest BCUT2D eigenvalue weighted by molar-refractivity contribution is -0.129. The minimum Gasteiger partial charge on any atom is -0.273 e. The predicted octanol–water partition coefficient (Wildman–Crippen LogP) is 2.03. The van der Waals surface area contributed by atoms with Crippen LogP contribution in [0.4, 0.5) is 0 Å². The lowest BCUT2D eigenvalue weighted by atomic mass is 9.97. The Labute approximate surface area is 85.2 Å². The Hall–Kier alpha value is -0.860. The van der Waals surface area contributed by atoms with Crippen molar-refractivity contribution >= 4 is 11.6 Å². The molecule has 3 nitrogen and oxygen atoms in total. The Bertz CT molecular complexity index is 284. The van der Waals surface area contributed by atoms with Gasteiger partial charge in [0.1, 0.15) is 0 Å². The van der Waals surface area contributed by atoms with Gasteiger partial charge in [-0.05, 0) is 24.2 Å². The van der Waals surface area contributed by atoms with E-state index in [4.69, 9.17) is 0 Å². The molecule has 0 aromatic rings. The van der Waals surface area contributed by atoms with Gasteiger partial charge in [-0.25, -0.2) is 5.01 Å². The van der Waals surface area contributed by atoms with E-state index >= 15 is 0 Å². The molecule has 1 heterocycles. The number of hydrogen-bond acceptors (Lipinski definition) is 2. The molecule has 0 atom stereocenters. The molecule has 3 heteroatoms. The quantitative estimate of drug-likeness (QED) is 0.662. The molecule has 2 rings (SSSR count). The summed E-state index contributed by atoms with van der Waals surface area (Å²) in [4.78, 5) is 11.6. The van der Waals surface area contributed by atoms with E-state index in [0.29, 0.717) is 12.3 Å². The lowest BCUT2D eigenvalue weighted by Gasteiger charge is -2.23. The molecule has 1 fully saturated rings. The molecule has 1 amide bonds. The monoisotopic (exact) mass is 194 g/mol. The van der Waals surface area contributed by atoms with Crippen molar-refractivity contribution in [3.05, 3.63) is 0 Å². The van der Waals surface area contributed by atoms with E-state index in [1.54, 1.807) is 5.01 Å². The third-order valence-corrected chi connectivity index (χ3v) is 2.54. The summed E-state index contributed by atoms with van der Waals surface area (Å²) in [6.45, 7) is 7.13. The first-order chi connectivity index (χ1) is 6.46. The molecule has 0 aromatic heterocycles. The van der Waals surface area contributed by atoms with E-state index in [2.05, 4.69) is 25.9 Å². The molecule has 78 valence electrons. The topological polar surface area (TPSA) is 32.7 Å². The minimum atomic E-state index is 0.137. The van der Waals surface area contributed by atoms with Crippen LogP contribution in [0, 0.1) is 11.3 Å². The Morgan fingerprint density at radius 1 is 1.43 bits per heavy atom. The summed E-state index contributed by atoms with van der Waals surface area (Å²) in [7, 11) is 0. The van der Waals surface area contributed by atoms with Crippen LogP contribution in [0.3, 0.4) is 0 Å². The predicted molar refractivity (Wildman–Crippen MR) is 55.9 cm³/mol. The van der Waals surface area contributed by atoms with Gasteiger partial charge in [-0.3, -0.25) is 4.79 Å². The molecule has 1 aliphatic carbocycles. The summed E-state index contributed by atoms with van der Waals surface area (Å²) in [5.41, 5.74) is 1.26. The van der Waals surface area contributed by atoms with Gasteiger partial charge in [-0.1, -0.05) is 20.8 Å². The van der Waals surface area contributed by atoms with Crippen LogP contribution in [-0.4, -0.2) is 23.2 Å². The summed E-state index contributed by atoms with van der Waals surface area (Å²) in [5.74, 6) is 0.811. The Morgan fingerprint density at radius 3 is 2.57 bits per heavy atom. The third kappa shape index (κ3) is 2.14. The highest BCUT2D eigenvalue weighted by Gasteiger charge is 2.35. The van der Waals surface area contributed by atoms with Crippen LogP contribution in [-0.2, 0) is 4.79 Å². The van der Waals surface area contributed by atoms with Gasteiger partial charge in [0.05, 0.1) is 12.1 Å². The summed E-state index contributed by atoms with van der Waals surface area (Å²) >= 11 is 0. The molecule has 0 aromatic carbocycles. The minimum absolute atomic E-state index is 0.137. The Balaban J connectivity index is 2.01. The molecule has 1 saturated carbocycles. The van der Waals surface area contributed by atoms with E-state index in [1.807, 2.05) is 0 Å². The summed E-state index contributed by atoms with van der Waals surface area (Å²) in [6.07, 6.45) is 3.03. The molecular formula is C11H18N2O. The van der Waals surface area contributed by atoms with E-state index in [9.17, 15) is 4.79 Å². The highest BCUT2D eigenvalue weighted by molar-refractivity contribution is 6.06. The van der Waals surface area contributed by atoms with Crippen molar-refractivity contribution in [2.75, 3.05) is 6.54 Å². The van der Waals surface area contributed by atoms with E-state index in [0.717, 1.165) is 12.3 Å². The molecular weight excluding hydrogens is 176 g/mol. The molecule has 2 aliphatic rings. The van der Waals surface area contributed by atoms with Gasteiger partial charge in [-0.2, -0.15) is 5.10 Å². The summed E-state index contributed by atoms with van der Waals surface area (Å²) < 4.78 is 0. The number of hydrogen-bond donors (Lipinski definition) is 0. The zero-order valence-electron chi connectivity index (χ0n) is 9.21. The molecule has 0 spiro atoms. The zero-order valence-corrected chi connectivity index (χ0v) is 9.21. The van der Waals surface area contributed by atoms with Crippen molar-refractivity contribution in [1.82, 2.24) is 5.01 Å². The maximum Gasteiger partial charge on any atom is 0.248 e. The van der Waals surface area contributed by atoms with Crippen molar-refractivity contribution < 1.29 is 4.79 Å². The first-order valence-electron chi connectivity index (χ1n) is 5.33.